The number of carbonyl (C=O) groups excluding carboxylic acids is 1. The fourth-order valence-corrected chi connectivity index (χ4v) is 2.96. The van der Waals surface area contributed by atoms with Crippen LogP contribution in [0.5, 0.6) is 5.75 Å². The van der Waals surface area contributed by atoms with Crippen molar-refractivity contribution in [3.8, 4) is 5.75 Å². The molecule has 1 aromatic carbocycles. The van der Waals surface area contributed by atoms with Gasteiger partial charge in [0.05, 0.1) is 6.54 Å². The summed E-state index contributed by atoms with van der Waals surface area (Å²) >= 11 is 0. The molecule has 152 valence electrons. The number of hydrogen-bond acceptors (Lipinski definition) is 6. The summed E-state index contributed by atoms with van der Waals surface area (Å²) in [4.78, 5) is 17.9. The number of amides is 2. The maximum absolute atomic E-state index is 12.2. The van der Waals surface area contributed by atoms with Crippen molar-refractivity contribution in [1.82, 2.24) is 20.8 Å². The molecule has 2 N–H and O–H groups in total. The van der Waals surface area contributed by atoms with Gasteiger partial charge in [0.1, 0.15) is 5.75 Å². The average molecular weight is 399 g/mol. The van der Waals surface area contributed by atoms with E-state index in [0.29, 0.717) is 24.8 Å². The number of alkyl halides is 3. The van der Waals surface area contributed by atoms with Gasteiger partial charge in [-0.2, -0.15) is 4.98 Å². The number of benzene rings is 1. The van der Waals surface area contributed by atoms with Crippen LogP contribution < -0.4 is 20.3 Å². The first kappa shape index (κ1) is 19.8. The lowest BCUT2D eigenvalue weighted by molar-refractivity contribution is -0.274. The number of halogens is 3. The zero-order valence-electron chi connectivity index (χ0n) is 15.1. The molecule has 1 aromatic heterocycles. The Bertz CT molecular complexity index is 794. The second-order valence-corrected chi connectivity index (χ2v) is 6.44. The molecule has 1 aliphatic heterocycles. The van der Waals surface area contributed by atoms with E-state index >= 15 is 0 Å². The summed E-state index contributed by atoms with van der Waals surface area (Å²) in [7, 11) is 0. The molecule has 0 aliphatic carbocycles. The van der Waals surface area contributed by atoms with Crippen LogP contribution in [0.1, 0.15) is 18.1 Å². The standard InChI is InChI=1S/C17H20F3N5O3/c1-11-23-15(24-28-11)9-22-16(26)21-8-12-6-7-25(10-12)13-2-4-14(5-3-13)27-17(18,19)20/h2-5,12H,6-10H2,1H3,(H2,21,22,26)/t12-/m1/s1. The third-order valence-corrected chi connectivity index (χ3v) is 4.25. The van der Waals surface area contributed by atoms with E-state index in [2.05, 4.69) is 30.4 Å². The number of nitrogens with one attached hydrogen (secondary N) is 2. The molecule has 0 unspecified atom stereocenters. The molecule has 0 spiro atoms. The van der Waals surface area contributed by atoms with E-state index in [1.165, 1.54) is 12.1 Å². The van der Waals surface area contributed by atoms with E-state index in [1.54, 1.807) is 19.1 Å². The fourth-order valence-electron chi connectivity index (χ4n) is 2.96. The van der Waals surface area contributed by atoms with Crippen molar-refractivity contribution in [3.05, 3.63) is 36.0 Å². The van der Waals surface area contributed by atoms with Gasteiger partial charge in [0.2, 0.25) is 5.89 Å². The first-order valence-electron chi connectivity index (χ1n) is 8.70. The van der Waals surface area contributed by atoms with E-state index in [4.69, 9.17) is 4.52 Å². The topological polar surface area (TPSA) is 92.5 Å². The summed E-state index contributed by atoms with van der Waals surface area (Å²) in [5, 5.41) is 9.14. The highest BCUT2D eigenvalue weighted by molar-refractivity contribution is 5.73. The Morgan fingerprint density at radius 1 is 1.32 bits per heavy atom. The Kier molecular flexibility index (Phi) is 5.90. The van der Waals surface area contributed by atoms with Gasteiger partial charge in [-0.05, 0) is 36.6 Å². The zero-order chi connectivity index (χ0) is 20.1. The largest absolute Gasteiger partial charge is 0.573 e. The predicted octanol–water partition coefficient (Wildman–Crippen LogP) is 2.60. The van der Waals surface area contributed by atoms with Crippen molar-refractivity contribution in [3.63, 3.8) is 0 Å². The molecule has 2 heterocycles. The number of nitrogens with zero attached hydrogens (tertiary/aromatic N) is 3. The molecule has 0 bridgehead atoms. The molecular weight excluding hydrogens is 379 g/mol. The average Bonchev–Trinajstić information content (AvgIpc) is 3.26. The van der Waals surface area contributed by atoms with Crippen LogP contribution in [0, 0.1) is 12.8 Å². The Balaban J connectivity index is 1.40. The van der Waals surface area contributed by atoms with Crippen LogP contribution in [0.3, 0.4) is 0 Å². The number of urea groups is 1. The van der Waals surface area contributed by atoms with E-state index in [-0.39, 0.29) is 24.2 Å². The summed E-state index contributed by atoms with van der Waals surface area (Å²) in [6, 6.07) is 5.45. The molecule has 0 radical (unpaired) electrons. The van der Waals surface area contributed by atoms with Gasteiger partial charge < -0.3 is 24.8 Å². The third kappa shape index (κ3) is 5.76. The number of anilines is 1. The number of aromatic nitrogens is 2. The molecule has 28 heavy (non-hydrogen) atoms. The zero-order valence-corrected chi connectivity index (χ0v) is 15.1. The number of ether oxygens (including phenoxy) is 1. The van der Waals surface area contributed by atoms with Crippen molar-refractivity contribution in [2.45, 2.75) is 26.3 Å². The molecule has 1 aliphatic rings. The minimum atomic E-state index is -4.70. The SMILES string of the molecule is Cc1nc(CNC(=O)NC[C@H]2CCN(c3ccc(OC(F)(F)F)cc3)C2)no1. The summed E-state index contributed by atoms with van der Waals surface area (Å²) in [5.74, 6) is 0.824. The Morgan fingerprint density at radius 3 is 2.71 bits per heavy atom. The Hall–Kier alpha value is -2.98. The minimum absolute atomic E-state index is 0.173. The smallest absolute Gasteiger partial charge is 0.406 e. The highest BCUT2D eigenvalue weighted by Gasteiger charge is 2.31. The van der Waals surface area contributed by atoms with Crippen molar-refractivity contribution in [1.29, 1.82) is 0 Å². The van der Waals surface area contributed by atoms with Crippen LogP contribution in [0.4, 0.5) is 23.7 Å². The number of aryl methyl sites for hydroxylation is 1. The number of carbonyl (C=O) groups is 1. The minimum Gasteiger partial charge on any atom is -0.406 e. The Morgan fingerprint density at radius 2 is 2.07 bits per heavy atom. The van der Waals surface area contributed by atoms with Crippen molar-refractivity contribution < 1.29 is 27.2 Å². The predicted molar refractivity (Wildman–Crippen MR) is 92.7 cm³/mol. The molecule has 8 nitrogen and oxygen atoms in total. The fraction of sp³-hybridized carbons (Fsp3) is 0.471. The highest BCUT2D eigenvalue weighted by Crippen LogP contribution is 2.28. The second-order valence-electron chi connectivity index (χ2n) is 6.44. The monoisotopic (exact) mass is 399 g/mol. The maximum Gasteiger partial charge on any atom is 0.573 e. The third-order valence-electron chi connectivity index (χ3n) is 4.25. The quantitative estimate of drug-likeness (QED) is 0.776. The van der Waals surface area contributed by atoms with Gasteiger partial charge in [0.15, 0.2) is 5.82 Å². The lowest BCUT2D eigenvalue weighted by Gasteiger charge is -2.19. The molecule has 2 aromatic rings. The van der Waals surface area contributed by atoms with Gasteiger partial charge in [-0.15, -0.1) is 13.2 Å². The van der Waals surface area contributed by atoms with Crippen LogP contribution in [0.25, 0.3) is 0 Å². The van der Waals surface area contributed by atoms with Crippen LogP contribution in [0.2, 0.25) is 0 Å². The van der Waals surface area contributed by atoms with E-state index in [0.717, 1.165) is 18.7 Å². The van der Waals surface area contributed by atoms with Crippen LogP contribution in [-0.2, 0) is 6.54 Å². The molecule has 1 saturated heterocycles. The Labute approximate surface area is 159 Å². The second kappa shape index (κ2) is 8.36. The van der Waals surface area contributed by atoms with E-state index < -0.39 is 6.36 Å². The van der Waals surface area contributed by atoms with Gasteiger partial charge in [-0.1, -0.05) is 5.16 Å². The summed E-state index contributed by atoms with van der Waals surface area (Å²) < 4.78 is 45.3. The maximum atomic E-state index is 12.2. The molecule has 0 saturated carbocycles. The van der Waals surface area contributed by atoms with Gasteiger partial charge in [0.25, 0.3) is 0 Å². The first-order chi connectivity index (χ1) is 13.3. The normalized spacial score (nSPS) is 16.9. The molecular formula is C17H20F3N5O3. The van der Waals surface area contributed by atoms with E-state index in [1.807, 2.05) is 0 Å². The summed E-state index contributed by atoms with van der Waals surface area (Å²) in [5.41, 5.74) is 0.814. The number of hydrogen-bond donors (Lipinski definition) is 2. The van der Waals surface area contributed by atoms with Crippen LogP contribution in [-0.4, -0.2) is 42.2 Å². The van der Waals surface area contributed by atoms with Crippen molar-refractivity contribution in [2.24, 2.45) is 5.92 Å². The number of rotatable bonds is 6. The molecule has 11 heteroatoms. The van der Waals surface area contributed by atoms with Crippen LogP contribution >= 0.6 is 0 Å². The van der Waals surface area contributed by atoms with Gasteiger partial charge >= 0.3 is 12.4 Å². The molecule has 1 atom stereocenters. The van der Waals surface area contributed by atoms with Crippen molar-refractivity contribution >= 4 is 11.7 Å². The van der Waals surface area contributed by atoms with Gasteiger partial charge in [0, 0.05) is 32.2 Å². The lowest BCUT2D eigenvalue weighted by atomic mass is 10.1. The molecule has 2 amide bonds. The van der Waals surface area contributed by atoms with Crippen LogP contribution in [0.15, 0.2) is 28.8 Å². The summed E-state index contributed by atoms with van der Waals surface area (Å²) in [6.07, 6.45) is -3.83. The lowest BCUT2D eigenvalue weighted by Crippen LogP contribution is -2.38. The first-order valence-corrected chi connectivity index (χ1v) is 8.70. The van der Waals surface area contributed by atoms with Gasteiger partial charge in [-0.3, -0.25) is 0 Å². The summed E-state index contributed by atoms with van der Waals surface area (Å²) in [6.45, 7) is 3.79. The van der Waals surface area contributed by atoms with Gasteiger partial charge in [-0.25, -0.2) is 4.79 Å². The van der Waals surface area contributed by atoms with E-state index in [9.17, 15) is 18.0 Å². The molecule has 1 fully saturated rings. The van der Waals surface area contributed by atoms with Crippen molar-refractivity contribution in [2.75, 3.05) is 24.5 Å². The highest BCUT2D eigenvalue weighted by atomic mass is 19.4. The molecule has 3 rings (SSSR count).